The van der Waals surface area contributed by atoms with Crippen LogP contribution < -0.4 is 0 Å². The molecule has 1 aromatic heterocycles. The van der Waals surface area contributed by atoms with Crippen LogP contribution in [0.4, 0.5) is 0 Å². The maximum absolute atomic E-state index is 12.4. The Hall–Kier alpha value is -1.33. The number of carbonyl (C=O) groups is 1. The standard InChI is InChI=1S/C14H21N2O3/c1-6-19-12(17)10-7-9-8-13(2,3)16(18)14(4,5)11(9)15-10/h7,15H,6,8H2,1-5H3. The second-order valence-electron chi connectivity index (χ2n) is 6.15. The summed E-state index contributed by atoms with van der Waals surface area (Å²) in [6.07, 6.45) is 0.616. The summed E-state index contributed by atoms with van der Waals surface area (Å²) in [6, 6.07) is 1.81. The van der Waals surface area contributed by atoms with Crippen LogP contribution >= 0.6 is 0 Å². The van der Waals surface area contributed by atoms with Crippen LogP contribution in [0.1, 0.15) is 56.4 Å². The zero-order chi connectivity index (χ0) is 14.4. The number of rotatable bonds is 2. The molecule has 0 unspecified atom stereocenters. The molecule has 0 aliphatic carbocycles. The first-order valence-electron chi connectivity index (χ1n) is 6.57. The molecule has 0 atom stereocenters. The van der Waals surface area contributed by atoms with Gasteiger partial charge in [0.1, 0.15) is 5.69 Å². The van der Waals surface area contributed by atoms with E-state index in [0.717, 1.165) is 16.3 Å². The van der Waals surface area contributed by atoms with Crippen LogP contribution in [0, 0.1) is 0 Å². The molecule has 0 fully saturated rings. The van der Waals surface area contributed by atoms with E-state index in [4.69, 9.17) is 4.74 Å². The lowest BCUT2D eigenvalue weighted by Gasteiger charge is -2.46. The number of esters is 1. The van der Waals surface area contributed by atoms with E-state index < -0.39 is 11.1 Å². The normalized spacial score (nSPS) is 20.9. The van der Waals surface area contributed by atoms with Crippen LogP contribution in [0.5, 0.6) is 0 Å². The van der Waals surface area contributed by atoms with E-state index in [9.17, 15) is 10.0 Å². The van der Waals surface area contributed by atoms with E-state index in [1.54, 1.807) is 6.92 Å². The highest BCUT2D eigenvalue weighted by Gasteiger charge is 2.46. The van der Waals surface area contributed by atoms with Gasteiger partial charge in [0.2, 0.25) is 0 Å². The first-order chi connectivity index (χ1) is 8.70. The second-order valence-corrected chi connectivity index (χ2v) is 6.15. The van der Waals surface area contributed by atoms with Gasteiger partial charge in [0, 0.05) is 11.2 Å². The van der Waals surface area contributed by atoms with Gasteiger partial charge in [-0.2, -0.15) is 0 Å². The van der Waals surface area contributed by atoms with Crippen molar-refractivity contribution in [2.24, 2.45) is 0 Å². The molecule has 2 heterocycles. The first kappa shape index (κ1) is 14.1. The van der Waals surface area contributed by atoms with Gasteiger partial charge in [0.05, 0.1) is 12.1 Å². The molecule has 0 saturated carbocycles. The summed E-state index contributed by atoms with van der Waals surface area (Å²) in [5.74, 6) is -0.372. The molecule has 0 bridgehead atoms. The predicted octanol–water partition coefficient (Wildman–Crippen LogP) is 2.41. The Morgan fingerprint density at radius 3 is 2.63 bits per heavy atom. The van der Waals surface area contributed by atoms with Crippen molar-refractivity contribution in [1.29, 1.82) is 0 Å². The molecule has 5 nitrogen and oxygen atoms in total. The molecule has 1 radical (unpaired) electrons. The SMILES string of the molecule is CCOC(=O)c1cc2c([nH]1)C(C)(C)N([O])C(C)(C)C2. The van der Waals surface area contributed by atoms with Crippen molar-refractivity contribution in [1.82, 2.24) is 10.0 Å². The zero-order valence-electron chi connectivity index (χ0n) is 12.2. The van der Waals surface area contributed by atoms with Crippen LogP contribution in [0.15, 0.2) is 6.07 Å². The molecule has 0 saturated heterocycles. The van der Waals surface area contributed by atoms with Gasteiger partial charge >= 0.3 is 5.97 Å². The quantitative estimate of drug-likeness (QED) is 0.835. The zero-order valence-corrected chi connectivity index (χ0v) is 12.2. The number of aromatic nitrogens is 1. The number of fused-ring (bicyclic) bond motifs is 1. The summed E-state index contributed by atoms with van der Waals surface area (Å²) < 4.78 is 4.99. The molecular weight excluding hydrogens is 244 g/mol. The number of nitrogens with one attached hydrogen (secondary N) is 1. The molecule has 19 heavy (non-hydrogen) atoms. The monoisotopic (exact) mass is 265 g/mol. The van der Waals surface area contributed by atoms with E-state index in [1.165, 1.54) is 0 Å². The second kappa shape index (κ2) is 4.35. The number of H-pyrrole nitrogens is 1. The Labute approximate surface area is 113 Å². The van der Waals surface area contributed by atoms with E-state index in [-0.39, 0.29) is 5.97 Å². The van der Waals surface area contributed by atoms with Gasteiger partial charge in [-0.1, -0.05) is 0 Å². The molecule has 105 valence electrons. The molecule has 1 aliphatic heterocycles. The minimum Gasteiger partial charge on any atom is -0.461 e. The van der Waals surface area contributed by atoms with Crippen molar-refractivity contribution in [3.8, 4) is 0 Å². The van der Waals surface area contributed by atoms with Crippen molar-refractivity contribution < 1.29 is 14.7 Å². The van der Waals surface area contributed by atoms with E-state index in [1.807, 2.05) is 33.8 Å². The molecule has 1 aromatic rings. The molecule has 0 spiro atoms. The average molecular weight is 265 g/mol. The fourth-order valence-electron chi connectivity index (χ4n) is 2.90. The number of nitrogens with zero attached hydrogens (tertiary/aromatic N) is 1. The highest BCUT2D eigenvalue weighted by atomic mass is 16.5. The lowest BCUT2D eigenvalue weighted by Crippen LogP contribution is -2.55. The van der Waals surface area contributed by atoms with Crippen LogP contribution in [-0.2, 0) is 21.9 Å². The Kier molecular flexibility index (Phi) is 3.23. The number of ether oxygens (including phenoxy) is 1. The third-order valence-corrected chi connectivity index (χ3v) is 3.69. The van der Waals surface area contributed by atoms with Gasteiger partial charge in [0.25, 0.3) is 0 Å². The van der Waals surface area contributed by atoms with Crippen molar-refractivity contribution in [3.63, 3.8) is 0 Å². The molecule has 0 aromatic carbocycles. The summed E-state index contributed by atoms with van der Waals surface area (Å²) in [4.78, 5) is 14.8. The summed E-state index contributed by atoms with van der Waals surface area (Å²) in [5.41, 5.74) is 1.09. The van der Waals surface area contributed by atoms with Gasteiger partial charge in [-0.15, -0.1) is 10.3 Å². The number of hydrogen-bond donors (Lipinski definition) is 1. The number of hydrogen-bond acceptors (Lipinski definition) is 3. The van der Waals surface area contributed by atoms with Gasteiger partial charge in [0.15, 0.2) is 0 Å². The Balaban J connectivity index is 2.45. The van der Waals surface area contributed by atoms with Gasteiger partial charge < -0.3 is 9.72 Å². The Bertz CT molecular complexity index is 503. The van der Waals surface area contributed by atoms with E-state index in [2.05, 4.69) is 4.98 Å². The summed E-state index contributed by atoms with van der Waals surface area (Å²) in [6.45, 7) is 9.68. The lowest BCUT2D eigenvalue weighted by molar-refractivity contribution is -0.281. The van der Waals surface area contributed by atoms with E-state index in [0.29, 0.717) is 18.7 Å². The van der Waals surface area contributed by atoms with Crippen molar-refractivity contribution in [2.45, 2.75) is 52.1 Å². The van der Waals surface area contributed by atoms with E-state index >= 15 is 0 Å². The maximum Gasteiger partial charge on any atom is 0.354 e. The van der Waals surface area contributed by atoms with Crippen molar-refractivity contribution in [2.75, 3.05) is 6.61 Å². The highest BCUT2D eigenvalue weighted by molar-refractivity contribution is 5.88. The maximum atomic E-state index is 12.4. The van der Waals surface area contributed by atoms with Gasteiger partial charge in [-0.25, -0.2) is 4.79 Å². The Morgan fingerprint density at radius 2 is 2.05 bits per heavy atom. The van der Waals surface area contributed by atoms with Gasteiger partial charge in [-0.05, 0) is 52.7 Å². The van der Waals surface area contributed by atoms with Gasteiger partial charge in [-0.3, -0.25) is 0 Å². The molecule has 1 N–H and O–H groups in total. The van der Waals surface area contributed by atoms with Crippen LogP contribution in [0.2, 0.25) is 0 Å². The smallest absolute Gasteiger partial charge is 0.354 e. The molecule has 0 amide bonds. The first-order valence-corrected chi connectivity index (χ1v) is 6.57. The fourth-order valence-corrected chi connectivity index (χ4v) is 2.90. The predicted molar refractivity (Wildman–Crippen MR) is 70.1 cm³/mol. The fraction of sp³-hybridized carbons (Fsp3) is 0.643. The summed E-state index contributed by atoms with van der Waals surface area (Å²) in [5, 5.41) is 13.5. The topological polar surface area (TPSA) is 65.2 Å². The largest absolute Gasteiger partial charge is 0.461 e. The molecular formula is C14H21N2O3. The average Bonchev–Trinajstić information content (AvgIpc) is 2.71. The number of aromatic amines is 1. The minimum absolute atomic E-state index is 0.338. The third-order valence-electron chi connectivity index (χ3n) is 3.69. The minimum atomic E-state index is -0.679. The third kappa shape index (κ3) is 2.17. The summed E-state index contributed by atoms with van der Waals surface area (Å²) >= 11 is 0. The summed E-state index contributed by atoms with van der Waals surface area (Å²) in [7, 11) is 0. The Morgan fingerprint density at radius 1 is 1.42 bits per heavy atom. The van der Waals surface area contributed by atoms with Crippen molar-refractivity contribution in [3.05, 3.63) is 23.0 Å². The van der Waals surface area contributed by atoms with Crippen LogP contribution in [-0.4, -0.2) is 28.2 Å². The number of carbonyl (C=O) groups excluding carboxylic acids is 1. The molecule has 1 aliphatic rings. The van der Waals surface area contributed by atoms with Crippen LogP contribution in [0.3, 0.4) is 0 Å². The molecule has 5 heteroatoms. The van der Waals surface area contributed by atoms with Crippen molar-refractivity contribution >= 4 is 5.97 Å². The highest BCUT2D eigenvalue weighted by Crippen LogP contribution is 2.41. The lowest BCUT2D eigenvalue weighted by atomic mass is 9.81. The molecule has 2 rings (SSSR count). The number of hydroxylamine groups is 2. The van der Waals surface area contributed by atoms with Crippen LogP contribution in [0.25, 0.3) is 0 Å².